The standard InChI is InChI=1S/C71H129N11O16/c1-29-30-31-45(16)58(84)57(63(89)76-55(48(19)83)69(95)96)82(28)68(94)56(44(14)15)81(27)66(92)50(33-39(4)5)75-61(87)52(35-41(8)9)77(23)64(90)47(18)73-59(85)46(17)72-60(86)51(34-40(6)7)78(24)65(91)49(32-38(2)3)74-62(88)53(36-42(10)11)79(25)67(93)54(37-43(12)13)80(26)70(97)98-71(20,21)22/h29-30,38-58,83-84H,31-37H2,1-28H3,(H,72,86)(H,73,85)(H,74,88)(H,75,87)(H,76,89)(H,95,96)/b30-29+/t45-,46+,47-,48-,49+,50+,51+,52+,53+,54-,55+,56+,57+,58-/m1/s1. The van der Waals surface area contributed by atoms with Gasteiger partial charge in [0.25, 0.3) is 0 Å². The quantitative estimate of drug-likeness (QED) is 0.0366. The van der Waals surface area contributed by atoms with E-state index < -0.39 is 167 Å². The maximum atomic E-state index is 14.8. The number of ether oxygens (including phenoxy) is 1. The Hall–Kier alpha value is -6.90. The molecule has 0 rings (SSSR count). The number of carboxylic acids is 1. The summed E-state index contributed by atoms with van der Waals surface area (Å²) < 4.78 is 5.61. The molecule has 8 N–H and O–H groups in total. The normalized spacial score (nSPS) is 16.3. The van der Waals surface area contributed by atoms with Crippen LogP contribution in [0.15, 0.2) is 12.2 Å². The van der Waals surface area contributed by atoms with E-state index in [1.165, 1.54) is 75.7 Å². The van der Waals surface area contributed by atoms with Crippen LogP contribution in [0.25, 0.3) is 0 Å². The number of carboxylic acid groups (broad SMARTS) is 1. The molecule has 0 unspecified atom stereocenters. The van der Waals surface area contributed by atoms with Gasteiger partial charge in [-0.3, -0.25) is 52.8 Å². The lowest BCUT2D eigenvalue weighted by atomic mass is 9.91. The minimum Gasteiger partial charge on any atom is -0.480 e. The Balaban J connectivity index is 6.99. The predicted octanol–water partition coefficient (Wildman–Crippen LogP) is 5.18. The van der Waals surface area contributed by atoms with Crippen LogP contribution >= 0.6 is 0 Å². The Morgan fingerprint density at radius 1 is 0.408 bits per heavy atom. The average molecular weight is 1390 g/mol. The molecule has 27 heteroatoms. The lowest BCUT2D eigenvalue weighted by Gasteiger charge is -2.40. The molecule has 0 saturated heterocycles. The van der Waals surface area contributed by atoms with E-state index in [2.05, 4.69) is 26.6 Å². The van der Waals surface area contributed by atoms with Crippen LogP contribution in [0.5, 0.6) is 0 Å². The van der Waals surface area contributed by atoms with Crippen molar-refractivity contribution in [3.05, 3.63) is 12.2 Å². The highest BCUT2D eigenvalue weighted by atomic mass is 16.6. The molecule has 0 aromatic carbocycles. The fourth-order valence-corrected chi connectivity index (χ4v) is 11.6. The van der Waals surface area contributed by atoms with Gasteiger partial charge in [-0.25, -0.2) is 9.59 Å². The maximum Gasteiger partial charge on any atom is 0.410 e. The van der Waals surface area contributed by atoms with Crippen LogP contribution in [-0.2, 0) is 57.5 Å². The number of rotatable bonds is 40. The number of allylic oxidation sites excluding steroid dienone is 2. The summed E-state index contributed by atoms with van der Waals surface area (Å²) in [5.41, 5.74) is -0.837. The van der Waals surface area contributed by atoms with Crippen LogP contribution < -0.4 is 26.6 Å². The summed E-state index contributed by atoms with van der Waals surface area (Å²) in [7, 11) is 8.43. The summed E-state index contributed by atoms with van der Waals surface area (Å²) in [6.45, 7) is 38.3. The van der Waals surface area contributed by atoms with Crippen molar-refractivity contribution in [1.29, 1.82) is 0 Å². The van der Waals surface area contributed by atoms with Crippen LogP contribution in [0, 0.1) is 47.3 Å². The van der Waals surface area contributed by atoms with Gasteiger partial charge in [0, 0.05) is 42.3 Å². The molecule has 11 amide bonds. The largest absolute Gasteiger partial charge is 0.480 e. The van der Waals surface area contributed by atoms with Crippen LogP contribution in [0.4, 0.5) is 4.79 Å². The second-order valence-electron chi connectivity index (χ2n) is 30.7. The number of nitrogens with one attached hydrogen (secondary N) is 5. The first kappa shape index (κ1) is 91.1. The average Bonchev–Trinajstić information content (AvgIpc) is 0.812. The Morgan fingerprint density at radius 3 is 1.13 bits per heavy atom. The molecule has 27 nitrogen and oxygen atoms in total. The third-order valence-electron chi connectivity index (χ3n) is 17.1. The highest BCUT2D eigenvalue weighted by molar-refractivity contribution is 5.99. The minimum atomic E-state index is -1.79. The van der Waals surface area contributed by atoms with E-state index in [9.17, 15) is 72.9 Å². The molecular formula is C71H129N11O16. The van der Waals surface area contributed by atoms with E-state index in [0.717, 1.165) is 16.7 Å². The highest BCUT2D eigenvalue weighted by Crippen LogP contribution is 2.25. The van der Waals surface area contributed by atoms with Gasteiger partial charge in [-0.2, -0.15) is 0 Å². The number of aliphatic hydroxyl groups is 2. The topological polar surface area (TPSA) is 354 Å². The monoisotopic (exact) mass is 1390 g/mol. The Morgan fingerprint density at radius 2 is 0.765 bits per heavy atom. The number of hydrogen-bond acceptors (Lipinski definition) is 15. The summed E-state index contributed by atoms with van der Waals surface area (Å²) >= 11 is 0. The SMILES string of the molecule is C/C=C/C[C@@H](C)[C@@H](O)[C@@H](C(=O)N[C@H](C(=O)O)[C@@H](C)O)N(C)C(=O)[C@H](C(C)C)N(C)C(=O)[C@H](CC(C)C)NC(=O)[C@H](CC(C)C)N(C)C(=O)[C@@H](C)NC(=O)[C@H](C)NC(=O)[C@H](CC(C)C)N(C)C(=O)[C@H](CC(C)C)NC(=O)[C@H](CC(C)C)N(C)C(=O)[C@@H](CC(C)C)N(C)C(=O)OC(C)(C)C. The predicted molar refractivity (Wildman–Crippen MR) is 377 cm³/mol. The van der Waals surface area contributed by atoms with Crippen molar-refractivity contribution in [2.45, 2.75) is 282 Å². The van der Waals surface area contributed by atoms with E-state index in [1.54, 1.807) is 60.6 Å². The lowest BCUT2D eigenvalue weighted by molar-refractivity contribution is -0.155. The fourth-order valence-electron chi connectivity index (χ4n) is 11.6. The number of amides is 11. The molecule has 564 valence electrons. The van der Waals surface area contributed by atoms with Crippen LogP contribution in [0.2, 0.25) is 0 Å². The molecule has 0 saturated carbocycles. The second kappa shape index (κ2) is 41.6. The molecule has 0 heterocycles. The number of hydrogen-bond donors (Lipinski definition) is 8. The van der Waals surface area contributed by atoms with Gasteiger partial charge in [0.2, 0.25) is 59.1 Å². The molecule has 0 fully saturated rings. The number of carbonyl (C=O) groups excluding carboxylic acids is 11. The van der Waals surface area contributed by atoms with Crippen molar-refractivity contribution in [3.8, 4) is 0 Å². The van der Waals surface area contributed by atoms with E-state index in [-0.39, 0.29) is 80.5 Å². The first-order valence-corrected chi connectivity index (χ1v) is 34.9. The van der Waals surface area contributed by atoms with E-state index in [0.29, 0.717) is 0 Å². The molecule has 0 aliphatic rings. The van der Waals surface area contributed by atoms with Gasteiger partial charge in [-0.15, -0.1) is 0 Å². The van der Waals surface area contributed by atoms with Crippen molar-refractivity contribution in [3.63, 3.8) is 0 Å². The molecule has 98 heavy (non-hydrogen) atoms. The molecule has 0 aromatic rings. The number of carbonyl (C=O) groups is 12. The summed E-state index contributed by atoms with van der Waals surface area (Å²) in [5, 5.41) is 45.0. The van der Waals surface area contributed by atoms with Crippen LogP contribution in [0.3, 0.4) is 0 Å². The molecule has 0 spiro atoms. The molecule has 14 atom stereocenters. The minimum absolute atomic E-state index is 0.0258. The smallest absolute Gasteiger partial charge is 0.410 e. The Kier molecular flexibility index (Phi) is 38.7. The van der Waals surface area contributed by atoms with Crippen molar-refractivity contribution < 1.29 is 77.6 Å². The van der Waals surface area contributed by atoms with Gasteiger partial charge in [-0.1, -0.05) is 116 Å². The van der Waals surface area contributed by atoms with E-state index in [1.807, 2.05) is 83.1 Å². The summed E-state index contributed by atoms with van der Waals surface area (Å²) in [6, 6.07) is -14.2. The molecule has 0 radical (unpaired) electrons. The lowest BCUT2D eigenvalue weighted by Crippen LogP contribution is -2.63. The van der Waals surface area contributed by atoms with Gasteiger partial charge in [0.15, 0.2) is 6.04 Å². The Labute approximate surface area is 585 Å². The number of aliphatic hydroxyl groups excluding tert-OH is 2. The first-order valence-electron chi connectivity index (χ1n) is 34.9. The molecular weight excluding hydrogens is 1260 g/mol. The van der Waals surface area contributed by atoms with Crippen LogP contribution in [0.1, 0.15) is 197 Å². The first-order chi connectivity index (χ1) is 44.9. The summed E-state index contributed by atoms with van der Waals surface area (Å²) in [4.78, 5) is 177. The summed E-state index contributed by atoms with van der Waals surface area (Å²) in [5.74, 6) is -10.8. The number of likely N-dealkylation sites (N-methyl/N-ethyl adjacent to an activating group) is 6. The fraction of sp³-hybridized carbons (Fsp3) is 0.803. The maximum absolute atomic E-state index is 14.8. The van der Waals surface area contributed by atoms with Gasteiger partial charge < -0.3 is 71.1 Å². The molecule has 0 aliphatic carbocycles. The third kappa shape index (κ3) is 29.1. The Bertz CT molecular complexity index is 2680. The van der Waals surface area contributed by atoms with Crippen molar-refractivity contribution in [1.82, 2.24) is 56.0 Å². The second-order valence-corrected chi connectivity index (χ2v) is 30.7. The van der Waals surface area contributed by atoms with Gasteiger partial charge in [-0.05, 0) is 141 Å². The van der Waals surface area contributed by atoms with Gasteiger partial charge >= 0.3 is 12.1 Å². The zero-order chi connectivity index (χ0) is 76.6. The highest BCUT2D eigenvalue weighted by Gasteiger charge is 2.45. The van der Waals surface area contributed by atoms with E-state index in [4.69, 9.17) is 4.74 Å². The number of nitrogens with zero attached hydrogens (tertiary/aromatic N) is 6. The molecule has 0 aromatic heterocycles. The zero-order valence-corrected chi connectivity index (χ0v) is 64.6. The number of aliphatic carboxylic acids is 1. The molecule has 0 aliphatic heterocycles. The molecule has 0 bridgehead atoms. The third-order valence-corrected chi connectivity index (χ3v) is 17.1. The van der Waals surface area contributed by atoms with Gasteiger partial charge in [0.1, 0.15) is 66.0 Å². The van der Waals surface area contributed by atoms with Gasteiger partial charge in [0.05, 0.1) is 12.2 Å². The summed E-state index contributed by atoms with van der Waals surface area (Å²) in [6.07, 6.45) is 0.916. The van der Waals surface area contributed by atoms with Crippen LogP contribution in [-0.4, -0.2) is 242 Å². The van der Waals surface area contributed by atoms with E-state index >= 15 is 0 Å². The van der Waals surface area contributed by atoms with Crippen molar-refractivity contribution >= 4 is 71.1 Å². The van der Waals surface area contributed by atoms with Crippen molar-refractivity contribution in [2.24, 2.45) is 47.3 Å². The van der Waals surface area contributed by atoms with Crippen molar-refractivity contribution in [2.75, 3.05) is 42.3 Å². The zero-order valence-electron chi connectivity index (χ0n) is 64.6.